The fraction of sp³-hybridized carbons (Fsp3) is 0.333. The molecule has 1 amide bonds. The lowest BCUT2D eigenvalue weighted by Gasteiger charge is -2.29. The average Bonchev–Trinajstić information content (AvgIpc) is 2.68. The Labute approximate surface area is 164 Å². The van der Waals surface area contributed by atoms with Crippen LogP contribution in [0.25, 0.3) is 0 Å². The van der Waals surface area contributed by atoms with Crippen LogP contribution in [0.2, 0.25) is 5.02 Å². The number of amides is 1. The Morgan fingerprint density at radius 2 is 1.85 bits per heavy atom. The number of halogens is 1. The third-order valence-corrected chi connectivity index (χ3v) is 5.46. The largest absolute Gasteiger partial charge is 0.409 e. The Hall–Kier alpha value is -2.53. The van der Waals surface area contributed by atoms with E-state index in [9.17, 15) is 10.0 Å². The zero-order valence-corrected chi connectivity index (χ0v) is 15.8. The fourth-order valence-corrected chi connectivity index (χ4v) is 3.93. The molecule has 1 saturated carbocycles. The summed E-state index contributed by atoms with van der Waals surface area (Å²) >= 11 is 6.00. The first-order valence-electron chi connectivity index (χ1n) is 9.18. The van der Waals surface area contributed by atoms with Gasteiger partial charge in [0.25, 0.3) is 0 Å². The van der Waals surface area contributed by atoms with Crippen molar-refractivity contribution in [2.75, 3.05) is 5.32 Å². The molecule has 2 aromatic rings. The molecule has 1 aliphatic rings. The van der Waals surface area contributed by atoms with E-state index in [1.165, 1.54) is 5.56 Å². The van der Waals surface area contributed by atoms with Gasteiger partial charge in [-0.05, 0) is 73.4 Å². The van der Waals surface area contributed by atoms with E-state index < -0.39 is 5.91 Å². The minimum atomic E-state index is -0.395. The van der Waals surface area contributed by atoms with Gasteiger partial charge in [-0.15, -0.1) is 0 Å². The zero-order chi connectivity index (χ0) is 19.2. The van der Waals surface area contributed by atoms with Gasteiger partial charge in [-0.3, -0.25) is 4.79 Å². The van der Waals surface area contributed by atoms with Gasteiger partial charge in [0, 0.05) is 22.7 Å². The molecule has 5 nitrogen and oxygen atoms in total. The summed E-state index contributed by atoms with van der Waals surface area (Å²) < 4.78 is 0. The number of oxime groups is 1. The van der Waals surface area contributed by atoms with Crippen molar-refractivity contribution >= 4 is 29.0 Å². The summed E-state index contributed by atoms with van der Waals surface area (Å²) in [6, 6.07) is 15.0. The first-order chi connectivity index (χ1) is 13.0. The molecule has 2 aromatic carbocycles. The number of amidine groups is 1. The maximum atomic E-state index is 11.2. The highest BCUT2D eigenvalue weighted by atomic mass is 35.5. The summed E-state index contributed by atoms with van der Waals surface area (Å²) in [5.74, 6) is 1.14. The van der Waals surface area contributed by atoms with E-state index in [1.807, 2.05) is 24.3 Å². The molecule has 1 aliphatic carbocycles. The summed E-state index contributed by atoms with van der Waals surface area (Å²) in [7, 11) is 0. The van der Waals surface area contributed by atoms with Crippen LogP contribution in [0.5, 0.6) is 0 Å². The number of rotatable bonds is 5. The van der Waals surface area contributed by atoms with Gasteiger partial charge in [0.05, 0.1) is 0 Å². The lowest BCUT2D eigenvalue weighted by Crippen LogP contribution is -2.21. The summed E-state index contributed by atoms with van der Waals surface area (Å²) in [4.78, 5) is 11.2. The Kier molecular flexibility index (Phi) is 6.35. The number of benzene rings is 2. The highest BCUT2D eigenvalue weighted by molar-refractivity contribution is 6.30. The van der Waals surface area contributed by atoms with Crippen molar-refractivity contribution in [1.82, 2.24) is 0 Å². The number of hydrogen-bond donors (Lipinski definition) is 3. The van der Waals surface area contributed by atoms with Gasteiger partial charge in [-0.25, -0.2) is 0 Å². The van der Waals surface area contributed by atoms with Crippen LogP contribution in [0.3, 0.4) is 0 Å². The maximum absolute atomic E-state index is 11.2. The van der Waals surface area contributed by atoms with Crippen LogP contribution in [-0.2, 0) is 0 Å². The van der Waals surface area contributed by atoms with E-state index in [1.54, 1.807) is 24.3 Å². The maximum Gasteiger partial charge on any atom is 0.248 e. The van der Waals surface area contributed by atoms with E-state index in [4.69, 9.17) is 17.3 Å². The molecular formula is C21H24ClN3O2. The molecule has 0 bridgehead atoms. The molecular weight excluding hydrogens is 362 g/mol. The molecule has 0 spiro atoms. The van der Waals surface area contributed by atoms with Crippen molar-refractivity contribution in [2.45, 2.75) is 38.0 Å². The quantitative estimate of drug-likeness (QED) is 0.293. The zero-order valence-electron chi connectivity index (χ0n) is 15.1. The third-order valence-electron chi connectivity index (χ3n) is 5.23. The van der Waals surface area contributed by atoms with E-state index >= 15 is 0 Å². The second-order valence-electron chi connectivity index (χ2n) is 7.09. The number of nitrogens with two attached hydrogens (primary N) is 1. The summed E-state index contributed by atoms with van der Waals surface area (Å²) in [6.07, 6.45) is 5.00. The Balaban J connectivity index is 1.53. The van der Waals surface area contributed by atoms with Crippen molar-refractivity contribution in [1.29, 1.82) is 0 Å². The van der Waals surface area contributed by atoms with Crippen LogP contribution in [0, 0.1) is 5.92 Å². The third kappa shape index (κ3) is 5.23. The van der Waals surface area contributed by atoms with Crippen molar-refractivity contribution in [2.24, 2.45) is 16.8 Å². The highest BCUT2D eigenvalue weighted by Crippen LogP contribution is 2.37. The number of carbonyl (C=O) groups excluding carboxylic acids is 1. The van der Waals surface area contributed by atoms with Gasteiger partial charge >= 0.3 is 0 Å². The molecule has 6 heteroatoms. The second-order valence-corrected chi connectivity index (χ2v) is 7.53. The Bertz CT molecular complexity index is 812. The molecule has 1 fully saturated rings. The van der Waals surface area contributed by atoms with Crippen molar-refractivity contribution in [3.8, 4) is 0 Å². The highest BCUT2D eigenvalue weighted by Gasteiger charge is 2.24. The van der Waals surface area contributed by atoms with Gasteiger partial charge < -0.3 is 16.3 Å². The SMILES string of the molecule is NC(=O)c1ccc(C2CCC(CC(=NO)Nc3cccc(Cl)c3)CC2)cc1. The molecule has 0 aliphatic heterocycles. The Morgan fingerprint density at radius 3 is 2.44 bits per heavy atom. The molecule has 3 rings (SSSR count). The van der Waals surface area contributed by atoms with E-state index in [0.717, 1.165) is 31.4 Å². The fourth-order valence-electron chi connectivity index (χ4n) is 3.74. The molecule has 0 saturated heterocycles. The van der Waals surface area contributed by atoms with Gasteiger partial charge in [0.2, 0.25) is 5.91 Å². The average molecular weight is 386 g/mol. The summed E-state index contributed by atoms with van der Waals surface area (Å²) in [5.41, 5.74) is 7.92. The topological polar surface area (TPSA) is 87.7 Å². The molecule has 4 N–H and O–H groups in total. The minimum absolute atomic E-state index is 0.395. The van der Waals surface area contributed by atoms with Crippen molar-refractivity contribution < 1.29 is 10.0 Å². The second kappa shape index (κ2) is 8.91. The standard InChI is InChI=1S/C21H24ClN3O2/c22-18-2-1-3-19(13-18)24-20(25-27)12-14-4-6-15(7-5-14)16-8-10-17(11-9-16)21(23)26/h1-3,8-11,13-15,27H,4-7,12H2,(H2,23,26)(H,24,25). The van der Waals surface area contributed by atoms with Crippen LogP contribution in [0.1, 0.15) is 53.9 Å². The normalized spacial score (nSPS) is 20.3. The number of nitrogens with one attached hydrogen (secondary N) is 1. The number of anilines is 1. The number of hydrogen-bond acceptors (Lipinski definition) is 3. The molecule has 142 valence electrons. The first-order valence-corrected chi connectivity index (χ1v) is 9.56. The number of primary amides is 1. The lowest BCUT2D eigenvalue weighted by molar-refractivity contribution is 0.100. The van der Waals surface area contributed by atoms with Gasteiger partial charge in [-0.1, -0.05) is 35.0 Å². The van der Waals surface area contributed by atoms with E-state index in [0.29, 0.717) is 34.7 Å². The molecule has 27 heavy (non-hydrogen) atoms. The molecule has 0 radical (unpaired) electrons. The molecule has 0 aromatic heterocycles. The van der Waals surface area contributed by atoms with E-state index in [2.05, 4.69) is 10.5 Å². The predicted molar refractivity (Wildman–Crippen MR) is 109 cm³/mol. The monoisotopic (exact) mass is 385 g/mol. The van der Waals surface area contributed by atoms with Crippen LogP contribution < -0.4 is 11.1 Å². The van der Waals surface area contributed by atoms with Gasteiger partial charge in [-0.2, -0.15) is 0 Å². The van der Waals surface area contributed by atoms with Crippen molar-refractivity contribution in [3.63, 3.8) is 0 Å². The van der Waals surface area contributed by atoms with Crippen molar-refractivity contribution in [3.05, 3.63) is 64.7 Å². The Morgan fingerprint density at radius 1 is 1.15 bits per heavy atom. The van der Waals surface area contributed by atoms with Crippen LogP contribution >= 0.6 is 11.6 Å². The van der Waals surface area contributed by atoms with Gasteiger partial charge in [0.1, 0.15) is 5.84 Å². The van der Waals surface area contributed by atoms with Crippen LogP contribution in [0.15, 0.2) is 53.7 Å². The molecule has 0 atom stereocenters. The summed E-state index contributed by atoms with van der Waals surface area (Å²) in [6.45, 7) is 0. The smallest absolute Gasteiger partial charge is 0.248 e. The minimum Gasteiger partial charge on any atom is -0.409 e. The lowest BCUT2D eigenvalue weighted by atomic mass is 9.77. The van der Waals surface area contributed by atoms with Crippen LogP contribution in [0.4, 0.5) is 5.69 Å². The molecule has 0 unspecified atom stereocenters. The van der Waals surface area contributed by atoms with Gasteiger partial charge in [0.15, 0.2) is 0 Å². The summed E-state index contributed by atoms with van der Waals surface area (Å²) in [5, 5.41) is 16.6. The van der Waals surface area contributed by atoms with Crippen LogP contribution in [-0.4, -0.2) is 17.0 Å². The number of nitrogens with zero attached hydrogens (tertiary/aromatic N) is 1. The molecule has 0 heterocycles. The predicted octanol–water partition coefficient (Wildman–Crippen LogP) is 5.00. The van der Waals surface area contributed by atoms with E-state index in [-0.39, 0.29) is 0 Å². The number of carbonyl (C=O) groups is 1. The first kappa shape index (κ1) is 19.2.